The maximum atomic E-state index is 14.9. The van der Waals surface area contributed by atoms with Crippen LogP contribution < -0.4 is 4.74 Å². The molecule has 2 atom stereocenters. The van der Waals surface area contributed by atoms with E-state index in [0.29, 0.717) is 32.4 Å². The Morgan fingerprint density at radius 1 is 1.08 bits per heavy atom. The summed E-state index contributed by atoms with van der Waals surface area (Å²) in [7, 11) is 0. The number of hydrogen-bond donors (Lipinski definition) is 1. The fourth-order valence-electron chi connectivity index (χ4n) is 5.87. The molecule has 1 saturated carbocycles. The molecule has 39 heavy (non-hydrogen) atoms. The normalized spacial score (nSPS) is 23.8. The van der Waals surface area contributed by atoms with Crippen LogP contribution in [-0.2, 0) is 0 Å². The van der Waals surface area contributed by atoms with E-state index in [1.807, 2.05) is 4.90 Å². The Morgan fingerprint density at radius 2 is 1.90 bits per heavy atom. The van der Waals surface area contributed by atoms with Crippen molar-refractivity contribution in [1.29, 1.82) is 0 Å². The second-order valence-corrected chi connectivity index (χ2v) is 11.0. The van der Waals surface area contributed by atoms with Gasteiger partial charge in [0.25, 0.3) is 5.91 Å². The van der Waals surface area contributed by atoms with Crippen LogP contribution in [0, 0.1) is 11.2 Å². The second-order valence-electron chi connectivity index (χ2n) is 11.0. The molecule has 2 aliphatic heterocycles. The molecule has 1 N–H and O–H groups in total. The van der Waals surface area contributed by atoms with Crippen LogP contribution in [0.3, 0.4) is 0 Å². The summed E-state index contributed by atoms with van der Waals surface area (Å²) in [5.74, 6) is -0.729. The van der Waals surface area contributed by atoms with Gasteiger partial charge >= 0.3 is 6.18 Å². The lowest BCUT2D eigenvalue weighted by Gasteiger charge is -2.48. The molecule has 1 amide bonds. The SMILES string of the molecule is O=C(c1ccc(-c2cnc(OCC3CCCCN3CC3(C(F)(F)F)CCC3)cn2)c(F)c1)N1CCC[C@@H](O)C1. The number of aliphatic hydroxyl groups excluding tert-OH is 1. The zero-order valence-corrected chi connectivity index (χ0v) is 21.8. The van der Waals surface area contributed by atoms with Crippen molar-refractivity contribution in [1.82, 2.24) is 19.8 Å². The number of carbonyl (C=O) groups excluding carboxylic acids is 1. The van der Waals surface area contributed by atoms with E-state index in [2.05, 4.69) is 9.97 Å². The number of nitrogens with zero attached hydrogens (tertiary/aromatic N) is 4. The minimum atomic E-state index is -4.20. The molecule has 3 fully saturated rings. The molecule has 3 heterocycles. The molecule has 1 aromatic carbocycles. The van der Waals surface area contributed by atoms with Crippen molar-refractivity contribution >= 4 is 5.91 Å². The molecule has 2 saturated heterocycles. The fraction of sp³-hybridized carbons (Fsp3) is 0.607. The number of piperidine rings is 2. The zero-order chi connectivity index (χ0) is 27.6. The number of rotatable bonds is 7. The van der Waals surface area contributed by atoms with Crippen LogP contribution in [0.15, 0.2) is 30.6 Å². The summed E-state index contributed by atoms with van der Waals surface area (Å²) in [5.41, 5.74) is -0.961. The van der Waals surface area contributed by atoms with E-state index in [4.69, 9.17) is 4.74 Å². The molecule has 7 nitrogen and oxygen atoms in total. The van der Waals surface area contributed by atoms with Gasteiger partial charge in [0.2, 0.25) is 5.88 Å². The lowest BCUT2D eigenvalue weighted by atomic mass is 9.67. The van der Waals surface area contributed by atoms with Crippen molar-refractivity contribution in [3.63, 3.8) is 0 Å². The molecule has 0 radical (unpaired) electrons. The standard InChI is InChI=1S/C28H34F4N4O3/c29-23-13-19(26(38)35-12-3-6-21(37)16-35)7-8-22(23)24-14-34-25(15-33-24)39-17-20-5-1-2-11-36(20)18-27(9-4-10-27)28(30,31)32/h7-8,13-15,20-21,37H,1-6,9-12,16-18H2/t20?,21-/m1/s1. The first kappa shape index (κ1) is 27.8. The Labute approximate surface area is 225 Å². The largest absolute Gasteiger partial charge is 0.475 e. The van der Waals surface area contributed by atoms with E-state index < -0.39 is 23.5 Å². The van der Waals surface area contributed by atoms with Crippen molar-refractivity contribution in [3.05, 3.63) is 42.0 Å². The Balaban J connectivity index is 1.20. The topological polar surface area (TPSA) is 78.8 Å². The van der Waals surface area contributed by atoms with Gasteiger partial charge in [-0.2, -0.15) is 13.2 Å². The molecule has 1 unspecified atom stereocenters. The Hall–Kier alpha value is -2.79. The molecule has 0 bridgehead atoms. The number of likely N-dealkylation sites (tertiary alicyclic amines) is 2. The Morgan fingerprint density at radius 3 is 2.54 bits per heavy atom. The lowest BCUT2D eigenvalue weighted by Crippen LogP contribution is -2.56. The molecule has 0 spiro atoms. The summed E-state index contributed by atoms with van der Waals surface area (Å²) >= 11 is 0. The van der Waals surface area contributed by atoms with Gasteiger partial charge in [0, 0.05) is 36.8 Å². The lowest BCUT2D eigenvalue weighted by molar-refractivity contribution is -0.258. The molecule has 3 aliphatic rings. The maximum Gasteiger partial charge on any atom is 0.395 e. The number of β-amino-alcohol motifs (C(OH)–C–C–N with tert-alkyl or cyclic N) is 1. The van der Waals surface area contributed by atoms with Gasteiger partial charge in [-0.1, -0.05) is 12.8 Å². The number of carbonyl (C=O) groups is 1. The van der Waals surface area contributed by atoms with Gasteiger partial charge in [0.1, 0.15) is 12.4 Å². The monoisotopic (exact) mass is 550 g/mol. The molecule has 5 rings (SSSR count). The summed E-state index contributed by atoms with van der Waals surface area (Å²) < 4.78 is 61.9. The number of benzene rings is 1. The maximum absolute atomic E-state index is 14.9. The van der Waals surface area contributed by atoms with Crippen molar-refractivity contribution < 1.29 is 32.2 Å². The van der Waals surface area contributed by atoms with Gasteiger partial charge < -0.3 is 14.7 Å². The fourth-order valence-corrected chi connectivity index (χ4v) is 5.87. The van der Waals surface area contributed by atoms with Crippen LogP contribution in [0.5, 0.6) is 5.88 Å². The first-order valence-electron chi connectivity index (χ1n) is 13.7. The summed E-state index contributed by atoms with van der Waals surface area (Å²) in [6.45, 7) is 1.58. The summed E-state index contributed by atoms with van der Waals surface area (Å²) in [6.07, 6.45) is 2.86. The van der Waals surface area contributed by atoms with Gasteiger partial charge in [-0.05, 0) is 63.3 Å². The van der Waals surface area contributed by atoms with Crippen LogP contribution in [0.4, 0.5) is 17.6 Å². The number of aliphatic hydroxyl groups is 1. The molecule has 11 heteroatoms. The van der Waals surface area contributed by atoms with Crippen molar-refractivity contribution in [2.75, 3.05) is 32.8 Å². The number of aromatic nitrogens is 2. The molecular weight excluding hydrogens is 516 g/mol. The van der Waals surface area contributed by atoms with Gasteiger partial charge in [-0.3, -0.25) is 9.69 Å². The number of amides is 1. The molecule has 1 aromatic heterocycles. The highest BCUT2D eigenvalue weighted by Gasteiger charge is 2.59. The third kappa shape index (κ3) is 6.04. The summed E-state index contributed by atoms with van der Waals surface area (Å²) in [4.78, 5) is 24.6. The van der Waals surface area contributed by atoms with Gasteiger partial charge in [0.15, 0.2) is 0 Å². The van der Waals surface area contributed by atoms with Crippen LogP contribution in [0.25, 0.3) is 11.3 Å². The molecule has 212 valence electrons. The summed E-state index contributed by atoms with van der Waals surface area (Å²) in [6, 6.07) is 4.03. The highest BCUT2D eigenvalue weighted by Crippen LogP contribution is 2.53. The first-order valence-corrected chi connectivity index (χ1v) is 13.7. The van der Waals surface area contributed by atoms with Crippen LogP contribution in [0.2, 0.25) is 0 Å². The highest BCUT2D eigenvalue weighted by atomic mass is 19.4. The smallest absolute Gasteiger partial charge is 0.395 e. The van der Waals surface area contributed by atoms with E-state index in [1.165, 1.54) is 29.4 Å². The predicted octanol–water partition coefficient (Wildman–Crippen LogP) is 4.85. The summed E-state index contributed by atoms with van der Waals surface area (Å²) in [5, 5.41) is 9.82. The second kappa shape index (κ2) is 11.4. The number of ether oxygens (including phenoxy) is 1. The van der Waals surface area contributed by atoms with E-state index in [0.717, 1.165) is 25.3 Å². The quantitative estimate of drug-likeness (QED) is 0.497. The Kier molecular flexibility index (Phi) is 8.09. The zero-order valence-electron chi connectivity index (χ0n) is 21.8. The average molecular weight is 551 g/mol. The third-order valence-corrected chi connectivity index (χ3v) is 8.39. The molecular formula is C28H34F4N4O3. The van der Waals surface area contributed by atoms with E-state index in [9.17, 15) is 27.5 Å². The minimum Gasteiger partial charge on any atom is -0.475 e. The van der Waals surface area contributed by atoms with Crippen LogP contribution in [-0.4, -0.2) is 81.9 Å². The number of alkyl halides is 3. The number of halogens is 4. The van der Waals surface area contributed by atoms with Gasteiger partial charge in [-0.15, -0.1) is 0 Å². The van der Waals surface area contributed by atoms with Crippen molar-refractivity contribution in [2.24, 2.45) is 5.41 Å². The average Bonchev–Trinajstić information content (AvgIpc) is 2.89. The first-order chi connectivity index (χ1) is 18.6. The number of hydrogen-bond acceptors (Lipinski definition) is 6. The van der Waals surface area contributed by atoms with Crippen LogP contribution in [0.1, 0.15) is 61.7 Å². The van der Waals surface area contributed by atoms with Crippen molar-refractivity contribution in [3.8, 4) is 17.1 Å². The minimum absolute atomic E-state index is 0.00522. The molecule has 2 aromatic rings. The van der Waals surface area contributed by atoms with E-state index >= 15 is 0 Å². The predicted molar refractivity (Wildman–Crippen MR) is 136 cm³/mol. The Bertz CT molecular complexity index is 1160. The van der Waals surface area contributed by atoms with Crippen molar-refractivity contribution in [2.45, 2.75) is 69.7 Å². The van der Waals surface area contributed by atoms with Crippen LogP contribution >= 0.6 is 0 Å². The highest BCUT2D eigenvalue weighted by molar-refractivity contribution is 5.94. The van der Waals surface area contributed by atoms with Gasteiger partial charge in [0.05, 0.1) is 29.6 Å². The molecule has 1 aliphatic carbocycles. The van der Waals surface area contributed by atoms with E-state index in [1.54, 1.807) is 0 Å². The van der Waals surface area contributed by atoms with E-state index in [-0.39, 0.29) is 67.2 Å². The van der Waals surface area contributed by atoms with Gasteiger partial charge in [-0.25, -0.2) is 14.4 Å². The third-order valence-electron chi connectivity index (χ3n) is 8.39.